The van der Waals surface area contributed by atoms with Crippen molar-refractivity contribution in [1.82, 2.24) is 0 Å². The van der Waals surface area contributed by atoms with Gasteiger partial charge in [0.2, 0.25) is 0 Å². The van der Waals surface area contributed by atoms with Gasteiger partial charge in [0.25, 0.3) is 0 Å². The van der Waals surface area contributed by atoms with Gasteiger partial charge >= 0.3 is 5.97 Å². The summed E-state index contributed by atoms with van der Waals surface area (Å²) in [5.41, 5.74) is 0.502. The highest BCUT2D eigenvalue weighted by molar-refractivity contribution is 6.02. The van der Waals surface area contributed by atoms with Crippen LogP contribution in [0.2, 0.25) is 0 Å². The van der Waals surface area contributed by atoms with Crippen LogP contribution in [0.3, 0.4) is 0 Å². The highest BCUT2D eigenvalue weighted by Gasteiger charge is 2.16. The molecule has 0 saturated carbocycles. The van der Waals surface area contributed by atoms with Crippen molar-refractivity contribution >= 4 is 22.8 Å². The average Bonchev–Trinajstić information content (AvgIpc) is 2.35. The number of rotatable bonds is 2. The third-order valence-corrected chi connectivity index (χ3v) is 2.94. The van der Waals surface area contributed by atoms with Crippen molar-refractivity contribution in [2.75, 3.05) is 0 Å². The van der Waals surface area contributed by atoms with Crippen molar-refractivity contribution in [3.8, 4) is 17.2 Å². The summed E-state index contributed by atoms with van der Waals surface area (Å²) in [5, 5.41) is 39.0. The largest absolute Gasteiger partial charge is 0.507 e. The van der Waals surface area contributed by atoms with E-state index in [4.69, 9.17) is 5.11 Å². The van der Waals surface area contributed by atoms with E-state index in [2.05, 4.69) is 0 Å². The van der Waals surface area contributed by atoms with E-state index in [1.54, 1.807) is 19.1 Å². The third-order valence-electron chi connectivity index (χ3n) is 2.94. The number of aromatic hydroxyl groups is 3. The minimum absolute atomic E-state index is 0.0932. The Kier molecular flexibility index (Phi) is 3.04. The van der Waals surface area contributed by atoms with Crippen molar-refractivity contribution in [2.45, 2.75) is 6.92 Å². The minimum Gasteiger partial charge on any atom is -0.507 e. The maximum absolute atomic E-state index is 10.5. The van der Waals surface area contributed by atoms with Gasteiger partial charge in [-0.3, -0.25) is 0 Å². The van der Waals surface area contributed by atoms with Crippen LogP contribution >= 0.6 is 0 Å². The highest BCUT2D eigenvalue weighted by Crippen LogP contribution is 2.43. The fourth-order valence-corrected chi connectivity index (χ4v) is 1.99. The first-order valence-corrected chi connectivity index (χ1v) is 5.50. The van der Waals surface area contributed by atoms with Crippen molar-refractivity contribution in [1.29, 1.82) is 0 Å². The van der Waals surface area contributed by atoms with E-state index in [1.165, 1.54) is 12.1 Å². The zero-order valence-electron chi connectivity index (χ0n) is 10.1. The number of hydrogen-bond donors (Lipinski definition) is 4. The molecule has 0 aromatic heterocycles. The smallest absolute Gasteiger partial charge is 0.328 e. The number of phenolic OH excluding ortho intramolecular Hbond substituents is 3. The molecule has 2 aromatic carbocycles. The molecule has 0 atom stereocenters. The van der Waals surface area contributed by atoms with Gasteiger partial charge in [-0.05, 0) is 19.1 Å². The molecule has 0 spiro atoms. The molecule has 5 heteroatoms. The van der Waals surface area contributed by atoms with Crippen molar-refractivity contribution in [3.63, 3.8) is 0 Å². The Morgan fingerprint density at radius 2 is 1.84 bits per heavy atom. The molecule has 0 amide bonds. The molecule has 4 N–H and O–H groups in total. The summed E-state index contributed by atoms with van der Waals surface area (Å²) >= 11 is 0. The first-order valence-electron chi connectivity index (χ1n) is 5.50. The summed E-state index contributed by atoms with van der Waals surface area (Å²) in [5.74, 6) is -1.72. The summed E-state index contributed by atoms with van der Waals surface area (Å²) in [4.78, 5) is 10.5. The predicted molar refractivity (Wildman–Crippen MR) is 70.3 cm³/mol. The molecule has 0 aliphatic rings. The quantitative estimate of drug-likeness (QED) is 0.491. The van der Waals surface area contributed by atoms with Crippen molar-refractivity contribution < 1.29 is 25.2 Å². The number of aliphatic carboxylic acids is 1. The normalized spacial score (nSPS) is 11.2. The van der Waals surface area contributed by atoms with Gasteiger partial charge in [0.15, 0.2) is 0 Å². The fraction of sp³-hybridized carbons (Fsp3) is 0.0714. The summed E-state index contributed by atoms with van der Waals surface area (Å²) in [6.45, 7) is 1.56. The number of carboxylic acids is 1. The lowest BCUT2D eigenvalue weighted by molar-refractivity contribution is -0.131. The molecule has 0 heterocycles. The van der Waals surface area contributed by atoms with Gasteiger partial charge in [0.05, 0.1) is 5.39 Å². The fourth-order valence-electron chi connectivity index (χ4n) is 1.99. The molecule has 5 nitrogen and oxygen atoms in total. The molecular weight excluding hydrogens is 248 g/mol. The molecule has 2 aromatic rings. The Morgan fingerprint density at radius 1 is 1.16 bits per heavy atom. The first-order chi connectivity index (χ1) is 8.93. The van der Waals surface area contributed by atoms with E-state index in [1.807, 2.05) is 0 Å². The van der Waals surface area contributed by atoms with Crippen molar-refractivity contribution in [2.24, 2.45) is 0 Å². The molecule has 0 saturated heterocycles. The van der Waals surface area contributed by atoms with E-state index in [-0.39, 0.29) is 28.2 Å². The van der Waals surface area contributed by atoms with Crippen LogP contribution in [-0.4, -0.2) is 26.4 Å². The third kappa shape index (κ3) is 2.06. The maximum atomic E-state index is 10.5. The summed E-state index contributed by atoms with van der Waals surface area (Å²) < 4.78 is 0. The molecular formula is C14H12O5. The average molecular weight is 260 g/mol. The summed E-state index contributed by atoms with van der Waals surface area (Å²) in [6.07, 6.45) is 2.03. The SMILES string of the molecule is Cc1c(/C=C/C(=O)O)c(O)c2c(O)cccc2c1O. The minimum atomic E-state index is -1.17. The number of carboxylic acid groups (broad SMARTS) is 1. The molecule has 0 aliphatic carbocycles. The predicted octanol–water partition coefficient (Wildman–Crippen LogP) is 2.36. The molecule has 0 radical (unpaired) electrons. The van der Waals surface area contributed by atoms with Gasteiger partial charge in [-0.2, -0.15) is 0 Å². The number of fused-ring (bicyclic) bond motifs is 1. The van der Waals surface area contributed by atoms with Crippen LogP contribution in [-0.2, 0) is 4.79 Å². The Hall–Kier alpha value is -2.69. The molecule has 0 aliphatic heterocycles. The highest BCUT2D eigenvalue weighted by atomic mass is 16.4. The lowest BCUT2D eigenvalue weighted by Gasteiger charge is -2.12. The van der Waals surface area contributed by atoms with Crippen LogP contribution in [0.4, 0.5) is 0 Å². The first kappa shape index (κ1) is 12.8. The number of benzene rings is 2. The van der Waals surface area contributed by atoms with Crippen LogP contribution in [0, 0.1) is 6.92 Å². The van der Waals surface area contributed by atoms with Gasteiger partial charge in [-0.1, -0.05) is 12.1 Å². The Labute approximate surface area is 108 Å². The van der Waals surface area contributed by atoms with Gasteiger partial charge in [-0.25, -0.2) is 4.79 Å². The number of carbonyl (C=O) groups is 1. The maximum Gasteiger partial charge on any atom is 0.328 e. The second-order valence-corrected chi connectivity index (χ2v) is 4.11. The molecule has 0 bridgehead atoms. The molecule has 19 heavy (non-hydrogen) atoms. The molecule has 0 fully saturated rings. The van der Waals surface area contributed by atoms with Crippen LogP contribution in [0.25, 0.3) is 16.8 Å². The van der Waals surface area contributed by atoms with E-state index in [0.717, 1.165) is 6.08 Å². The molecule has 2 rings (SSSR count). The zero-order chi connectivity index (χ0) is 14.2. The second kappa shape index (κ2) is 4.53. The lowest BCUT2D eigenvalue weighted by Crippen LogP contribution is -1.90. The lowest BCUT2D eigenvalue weighted by atomic mass is 9.97. The van der Waals surface area contributed by atoms with Crippen molar-refractivity contribution in [3.05, 3.63) is 35.4 Å². The van der Waals surface area contributed by atoms with Crippen LogP contribution in [0.1, 0.15) is 11.1 Å². The second-order valence-electron chi connectivity index (χ2n) is 4.11. The standard InChI is InChI=1S/C14H12O5/c1-7-8(5-6-11(16)17)14(19)12-9(13(7)18)3-2-4-10(12)15/h2-6,15,18-19H,1H3,(H,16,17)/b6-5+. The molecule has 0 unspecified atom stereocenters. The van der Waals surface area contributed by atoms with Crippen LogP contribution in [0.15, 0.2) is 24.3 Å². The Morgan fingerprint density at radius 3 is 2.47 bits per heavy atom. The van der Waals surface area contributed by atoms with Crippen LogP contribution in [0.5, 0.6) is 17.2 Å². The van der Waals surface area contributed by atoms with E-state index in [0.29, 0.717) is 10.9 Å². The monoisotopic (exact) mass is 260 g/mol. The summed E-state index contributed by atoms with van der Waals surface area (Å²) in [6, 6.07) is 4.48. The zero-order valence-corrected chi connectivity index (χ0v) is 10.1. The van der Waals surface area contributed by atoms with Gasteiger partial charge in [-0.15, -0.1) is 0 Å². The van der Waals surface area contributed by atoms with Gasteiger partial charge in [0.1, 0.15) is 17.2 Å². The number of phenols is 3. The van der Waals surface area contributed by atoms with E-state index >= 15 is 0 Å². The summed E-state index contributed by atoms with van der Waals surface area (Å²) in [7, 11) is 0. The number of hydrogen-bond acceptors (Lipinski definition) is 4. The van der Waals surface area contributed by atoms with E-state index < -0.39 is 5.97 Å². The molecule has 98 valence electrons. The van der Waals surface area contributed by atoms with Crippen LogP contribution < -0.4 is 0 Å². The topological polar surface area (TPSA) is 98.0 Å². The van der Waals surface area contributed by atoms with Gasteiger partial charge in [0, 0.05) is 22.6 Å². The Balaban J connectivity index is 2.86. The Bertz CT molecular complexity index is 701. The van der Waals surface area contributed by atoms with E-state index in [9.17, 15) is 20.1 Å². The van der Waals surface area contributed by atoms with Gasteiger partial charge < -0.3 is 20.4 Å².